The Kier molecular flexibility index (Phi) is 8.56. The van der Waals surface area contributed by atoms with Crippen molar-refractivity contribution in [2.75, 3.05) is 50.3 Å². The largest absolute Gasteiger partial charge is 0.493 e. The predicted octanol–water partition coefficient (Wildman–Crippen LogP) is 3.51. The number of guanidine groups is 1. The zero-order valence-corrected chi connectivity index (χ0v) is 18.9. The van der Waals surface area contributed by atoms with Crippen LogP contribution in [-0.2, 0) is 13.1 Å². The lowest BCUT2D eigenvalue weighted by atomic mass is 10.2. The molecule has 1 heterocycles. The lowest BCUT2D eigenvalue weighted by Crippen LogP contribution is -2.36. The molecule has 2 aromatic rings. The number of ether oxygens (including phenoxy) is 2. The Morgan fingerprint density at radius 3 is 2.33 bits per heavy atom. The van der Waals surface area contributed by atoms with Crippen LogP contribution < -0.4 is 25.0 Å². The van der Waals surface area contributed by atoms with E-state index in [2.05, 4.69) is 46.7 Å². The first kappa shape index (κ1) is 22.2. The normalized spacial score (nSPS) is 14.4. The third-order valence-corrected chi connectivity index (χ3v) is 5.93. The average Bonchev–Trinajstić information content (AvgIpc) is 2.81. The summed E-state index contributed by atoms with van der Waals surface area (Å²) in [6.07, 6.45) is 0. The van der Waals surface area contributed by atoms with Crippen LogP contribution in [0.15, 0.2) is 47.5 Å². The van der Waals surface area contributed by atoms with Crippen molar-refractivity contribution < 1.29 is 9.47 Å². The Balaban J connectivity index is 1.58. The van der Waals surface area contributed by atoms with Gasteiger partial charge in [-0.1, -0.05) is 18.2 Å². The third kappa shape index (κ3) is 6.23. The van der Waals surface area contributed by atoms with Crippen molar-refractivity contribution in [3.63, 3.8) is 0 Å². The van der Waals surface area contributed by atoms with Gasteiger partial charge in [0.05, 0.1) is 20.8 Å². The highest BCUT2D eigenvalue weighted by atomic mass is 32.2. The van der Waals surface area contributed by atoms with E-state index >= 15 is 0 Å². The number of rotatable bonds is 8. The van der Waals surface area contributed by atoms with Gasteiger partial charge in [-0.25, -0.2) is 4.99 Å². The number of nitrogens with one attached hydrogen (secondary N) is 2. The van der Waals surface area contributed by atoms with Crippen molar-refractivity contribution in [2.24, 2.45) is 4.99 Å². The fourth-order valence-corrected chi connectivity index (χ4v) is 4.23. The molecule has 1 aliphatic rings. The Hall–Kier alpha value is -2.54. The van der Waals surface area contributed by atoms with Gasteiger partial charge in [0.15, 0.2) is 17.5 Å². The molecule has 0 bridgehead atoms. The van der Waals surface area contributed by atoms with Crippen LogP contribution in [0.4, 0.5) is 5.69 Å². The lowest BCUT2D eigenvalue weighted by molar-refractivity contribution is 0.354. The number of hydrogen-bond donors (Lipinski definition) is 2. The summed E-state index contributed by atoms with van der Waals surface area (Å²) in [4.78, 5) is 7.17. The van der Waals surface area contributed by atoms with E-state index in [0.717, 1.165) is 49.2 Å². The number of nitrogens with zero attached hydrogens (tertiary/aromatic N) is 2. The summed E-state index contributed by atoms with van der Waals surface area (Å²) in [5.74, 6) is 4.67. The minimum absolute atomic E-state index is 0.557. The number of benzene rings is 2. The van der Waals surface area contributed by atoms with Crippen LogP contribution in [0.3, 0.4) is 0 Å². The van der Waals surface area contributed by atoms with Gasteiger partial charge in [-0.05, 0) is 42.3 Å². The molecule has 7 heteroatoms. The van der Waals surface area contributed by atoms with Crippen LogP contribution in [-0.4, -0.2) is 51.3 Å². The number of methoxy groups -OCH3 is 2. The van der Waals surface area contributed by atoms with Gasteiger partial charge in [0.2, 0.25) is 0 Å². The number of thioether (sulfide) groups is 1. The summed E-state index contributed by atoms with van der Waals surface area (Å²) in [7, 11) is 3.28. The van der Waals surface area contributed by atoms with Crippen LogP contribution in [0.2, 0.25) is 0 Å². The molecular formula is C23H32N4O2S. The fraction of sp³-hybridized carbons (Fsp3) is 0.435. The summed E-state index contributed by atoms with van der Waals surface area (Å²) < 4.78 is 10.7. The molecule has 1 aliphatic heterocycles. The molecule has 162 valence electrons. The molecule has 0 aliphatic carbocycles. The number of aliphatic imine (C=N–C) groups is 1. The minimum Gasteiger partial charge on any atom is -0.493 e. The van der Waals surface area contributed by atoms with Crippen molar-refractivity contribution in [3.05, 3.63) is 53.6 Å². The van der Waals surface area contributed by atoms with Crippen molar-refractivity contribution in [1.29, 1.82) is 0 Å². The van der Waals surface area contributed by atoms with Crippen LogP contribution in [0.1, 0.15) is 18.1 Å². The van der Waals surface area contributed by atoms with Crippen molar-refractivity contribution in [3.8, 4) is 11.5 Å². The lowest BCUT2D eigenvalue weighted by Gasteiger charge is -2.28. The third-order valence-electron chi connectivity index (χ3n) is 4.98. The molecule has 1 saturated heterocycles. The SMILES string of the molecule is CCNC(=NCc1ccc(OC)c(OC)c1)NCc1ccc(N2CCSCC2)cc1. The molecule has 1 fully saturated rings. The quantitative estimate of drug-likeness (QED) is 0.496. The molecule has 0 unspecified atom stereocenters. The Labute approximate surface area is 184 Å². The first-order valence-corrected chi connectivity index (χ1v) is 11.5. The minimum atomic E-state index is 0.557. The summed E-state index contributed by atoms with van der Waals surface area (Å²) in [6.45, 7) is 6.43. The molecule has 0 radical (unpaired) electrons. The van der Waals surface area contributed by atoms with Gasteiger partial charge in [-0.15, -0.1) is 0 Å². The monoisotopic (exact) mass is 428 g/mol. The van der Waals surface area contributed by atoms with Crippen LogP contribution in [0.25, 0.3) is 0 Å². The zero-order chi connectivity index (χ0) is 21.2. The van der Waals surface area contributed by atoms with Gasteiger partial charge >= 0.3 is 0 Å². The van der Waals surface area contributed by atoms with Gasteiger partial charge in [0.1, 0.15) is 0 Å². The van der Waals surface area contributed by atoms with E-state index in [1.807, 2.05) is 30.0 Å². The van der Waals surface area contributed by atoms with Crippen LogP contribution in [0, 0.1) is 0 Å². The van der Waals surface area contributed by atoms with Gasteiger partial charge in [-0.2, -0.15) is 11.8 Å². The number of anilines is 1. The van der Waals surface area contributed by atoms with E-state index in [4.69, 9.17) is 14.5 Å². The number of hydrogen-bond acceptors (Lipinski definition) is 5. The standard InChI is InChI=1S/C23H32N4O2S/c1-4-24-23(26-17-19-7-10-21(28-2)22(15-19)29-3)25-16-18-5-8-20(9-6-18)27-11-13-30-14-12-27/h5-10,15H,4,11-14,16-17H2,1-3H3,(H2,24,25,26). The van der Waals surface area contributed by atoms with Gasteiger partial charge in [-0.3, -0.25) is 0 Å². The molecule has 0 saturated carbocycles. The molecule has 2 aromatic carbocycles. The van der Waals surface area contributed by atoms with Gasteiger partial charge in [0.25, 0.3) is 0 Å². The molecular weight excluding hydrogens is 396 g/mol. The highest BCUT2D eigenvalue weighted by Gasteiger charge is 2.11. The summed E-state index contributed by atoms with van der Waals surface area (Å²) in [5.41, 5.74) is 3.61. The maximum atomic E-state index is 5.38. The van der Waals surface area contributed by atoms with Gasteiger partial charge < -0.3 is 25.0 Å². The zero-order valence-electron chi connectivity index (χ0n) is 18.1. The van der Waals surface area contributed by atoms with Crippen molar-refractivity contribution in [2.45, 2.75) is 20.0 Å². The molecule has 6 nitrogen and oxygen atoms in total. The molecule has 30 heavy (non-hydrogen) atoms. The highest BCUT2D eigenvalue weighted by Crippen LogP contribution is 2.27. The highest BCUT2D eigenvalue weighted by molar-refractivity contribution is 7.99. The Morgan fingerprint density at radius 1 is 0.967 bits per heavy atom. The predicted molar refractivity (Wildman–Crippen MR) is 127 cm³/mol. The fourth-order valence-electron chi connectivity index (χ4n) is 3.32. The maximum absolute atomic E-state index is 5.38. The molecule has 3 rings (SSSR count). The first-order valence-electron chi connectivity index (χ1n) is 10.4. The van der Waals surface area contributed by atoms with Crippen molar-refractivity contribution in [1.82, 2.24) is 10.6 Å². The molecule has 0 atom stereocenters. The second kappa shape index (κ2) is 11.6. The molecule has 0 spiro atoms. The van der Waals surface area contributed by atoms with Gasteiger partial charge in [0, 0.05) is 43.4 Å². The van der Waals surface area contributed by atoms with E-state index in [-0.39, 0.29) is 0 Å². The second-order valence-electron chi connectivity index (χ2n) is 7.00. The van der Waals surface area contributed by atoms with E-state index < -0.39 is 0 Å². The second-order valence-corrected chi connectivity index (χ2v) is 8.23. The smallest absolute Gasteiger partial charge is 0.191 e. The van der Waals surface area contributed by atoms with Crippen LogP contribution >= 0.6 is 11.8 Å². The molecule has 2 N–H and O–H groups in total. The Morgan fingerprint density at radius 2 is 1.67 bits per heavy atom. The van der Waals surface area contributed by atoms with E-state index in [9.17, 15) is 0 Å². The van der Waals surface area contributed by atoms with Crippen molar-refractivity contribution >= 4 is 23.4 Å². The first-order chi connectivity index (χ1) is 14.7. The van der Waals surface area contributed by atoms with Crippen LogP contribution in [0.5, 0.6) is 11.5 Å². The maximum Gasteiger partial charge on any atom is 0.191 e. The topological polar surface area (TPSA) is 58.1 Å². The van der Waals surface area contributed by atoms with E-state index in [1.165, 1.54) is 22.8 Å². The summed E-state index contributed by atoms with van der Waals surface area (Å²) >= 11 is 2.03. The molecule has 0 amide bonds. The Bertz CT molecular complexity index is 820. The average molecular weight is 429 g/mol. The summed E-state index contributed by atoms with van der Waals surface area (Å²) in [6, 6.07) is 14.7. The van der Waals surface area contributed by atoms with E-state index in [1.54, 1.807) is 14.2 Å². The summed E-state index contributed by atoms with van der Waals surface area (Å²) in [5, 5.41) is 6.73. The molecule has 0 aromatic heterocycles. The van der Waals surface area contributed by atoms with E-state index in [0.29, 0.717) is 6.54 Å².